The molecule has 29 heavy (non-hydrogen) atoms. The standard InChI is InChI=1S/C20H31N3O6/c1-14-5-7-18(8-6-14)23-11-17(22-12-23)10-16(19(25)26)4-3-9-21-20(27)29-13-28-15(2)24/h11-12,14,16,18H,3-10,13H2,1-2H3,(H,21,27)(H,25,26)/t14-,16?,18-. The Labute approximate surface area is 170 Å². The average molecular weight is 409 g/mol. The minimum atomic E-state index is -0.872. The number of imidazole rings is 1. The van der Waals surface area contributed by atoms with Crippen molar-refractivity contribution >= 4 is 18.0 Å². The highest BCUT2D eigenvalue weighted by Gasteiger charge is 2.22. The van der Waals surface area contributed by atoms with Crippen molar-refractivity contribution < 1.29 is 29.0 Å². The number of alkyl carbamates (subject to hydrolysis) is 1. The van der Waals surface area contributed by atoms with Crippen LogP contribution in [0.4, 0.5) is 4.79 Å². The Balaban J connectivity index is 1.72. The molecule has 1 heterocycles. The van der Waals surface area contributed by atoms with Crippen LogP contribution >= 0.6 is 0 Å². The summed E-state index contributed by atoms with van der Waals surface area (Å²) in [5.41, 5.74) is 0.782. The second kappa shape index (κ2) is 11.4. The Morgan fingerprint density at radius 2 is 2.00 bits per heavy atom. The van der Waals surface area contributed by atoms with Gasteiger partial charge in [-0.05, 0) is 44.4 Å². The van der Waals surface area contributed by atoms with Crippen molar-refractivity contribution in [2.24, 2.45) is 11.8 Å². The third-order valence-electron chi connectivity index (χ3n) is 5.32. The number of rotatable bonds is 10. The number of esters is 1. The summed E-state index contributed by atoms with van der Waals surface area (Å²) in [4.78, 5) is 38.0. The minimum absolute atomic E-state index is 0.275. The normalized spacial score (nSPS) is 19.9. The molecule has 0 saturated heterocycles. The summed E-state index contributed by atoms with van der Waals surface area (Å²) in [6, 6.07) is 0.456. The van der Waals surface area contributed by atoms with Crippen LogP contribution in [0.2, 0.25) is 0 Å². The molecule has 0 radical (unpaired) electrons. The molecule has 0 aliphatic heterocycles. The third-order valence-corrected chi connectivity index (χ3v) is 5.32. The zero-order valence-corrected chi connectivity index (χ0v) is 17.1. The quantitative estimate of drug-likeness (QED) is 0.346. The summed E-state index contributed by atoms with van der Waals surface area (Å²) < 4.78 is 11.3. The van der Waals surface area contributed by atoms with Crippen LogP contribution in [-0.2, 0) is 25.5 Å². The first kappa shape index (κ1) is 22.7. The van der Waals surface area contributed by atoms with Crippen LogP contribution in [0.1, 0.15) is 64.1 Å². The molecule has 0 spiro atoms. The molecule has 2 N–H and O–H groups in total. The SMILES string of the molecule is CC(=O)OCOC(=O)NCCCC(Cc1cn([C@H]2CC[C@H](C)CC2)cn1)C(=O)O. The molecule has 1 fully saturated rings. The van der Waals surface area contributed by atoms with Crippen LogP contribution in [0, 0.1) is 11.8 Å². The van der Waals surface area contributed by atoms with Crippen LogP contribution in [0.3, 0.4) is 0 Å². The maximum Gasteiger partial charge on any atom is 0.410 e. The molecular weight excluding hydrogens is 378 g/mol. The van der Waals surface area contributed by atoms with E-state index in [0.29, 0.717) is 25.3 Å². The fraction of sp³-hybridized carbons (Fsp3) is 0.700. The summed E-state index contributed by atoms with van der Waals surface area (Å²) in [6.45, 7) is 3.33. The Bertz CT molecular complexity index is 682. The number of carbonyl (C=O) groups is 3. The molecule has 1 unspecified atom stereocenters. The number of amides is 1. The van der Waals surface area contributed by atoms with Crippen molar-refractivity contribution in [3.8, 4) is 0 Å². The molecule has 1 amide bonds. The number of nitrogens with one attached hydrogen (secondary N) is 1. The topological polar surface area (TPSA) is 120 Å². The van der Waals surface area contributed by atoms with Crippen molar-refractivity contribution in [1.82, 2.24) is 14.9 Å². The van der Waals surface area contributed by atoms with E-state index in [-0.39, 0.29) is 6.54 Å². The van der Waals surface area contributed by atoms with Crippen molar-refractivity contribution in [2.75, 3.05) is 13.3 Å². The van der Waals surface area contributed by atoms with Gasteiger partial charge in [-0.2, -0.15) is 0 Å². The van der Waals surface area contributed by atoms with Gasteiger partial charge in [0.15, 0.2) is 0 Å². The number of hydrogen-bond donors (Lipinski definition) is 2. The summed E-state index contributed by atoms with van der Waals surface area (Å²) in [5, 5.41) is 12.0. The smallest absolute Gasteiger partial charge is 0.410 e. The predicted octanol–water partition coefficient (Wildman–Crippen LogP) is 2.90. The van der Waals surface area contributed by atoms with Gasteiger partial charge in [-0.3, -0.25) is 9.59 Å². The maximum absolute atomic E-state index is 11.6. The summed E-state index contributed by atoms with van der Waals surface area (Å²) >= 11 is 0. The van der Waals surface area contributed by atoms with Crippen LogP contribution in [0.15, 0.2) is 12.5 Å². The first-order chi connectivity index (χ1) is 13.8. The molecule has 1 aromatic rings. The van der Waals surface area contributed by atoms with Gasteiger partial charge in [0.2, 0.25) is 6.79 Å². The number of aromatic nitrogens is 2. The van der Waals surface area contributed by atoms with Crippen LogP contribution < -0.4 is 5.32 Å². The zero-order valence-electron chi connectivity index (χ0n) is 17.1. The fourth-order valence-electron chi connectivity index (χ4n) is 3.55. The number of aliphatic carboxylic acids is 1. The van der Waals surface area contributed by atoms with E-state index in [1.165, 1.54) is 19.8 Å². The first-order valence-electron chi connectivity index (χ1n) is 10.1. The lowest BCUT2D eigenvalue weighted by Gasteiger charge is -2.26. The van der Waals surface area contributed by atoms with Crippen LogP contribution in [0.5, 0.6) is 0 Å². The molecule has 162 valence electrons. The van der Waals surface area contributed by atoms with E-state index in [4.69, 9.17) is 0 Å². The summed E-state index contributed by atoms with van der Waals surface area (Å²) in [7, 11) is 0. The number of nitrogens with zero attached hydrogens (tertiary/aromatic N) is 2. The van der Waals surface area contributed by atoms with Gasteiger partial charge >= 0.3 is 18.0 Å². The number of carboxylic acid groups (broad SMARTS) is 1. The Morgan fingerprint density at radius 3 is 2.66 bits per heavy atom. The molecule has 9 heteroatoms. The van der Waals surface area contributed by atoms with E-state index in [0.717, 1.165) is 24.5 Å². The van der Waals surface area contributed by atoms with Crippen LogP contribution in [-0.4, -0.2) is 46.0 Å². The van der Waals surface area contributed by atoms with Gasteiger partial charge in [0.25, 0.3) is 0 Å². The summed E-state index contributed by atoms with van der Waals surface area (Å²) in [5.74, 6) is -1.20. The lowest BCUT2D eigenvalue weighted by Crippen LogP contribution is -2.27. The van der Waals surface area contributed by atoms with E-state index in [2.05, 4.69) is 31.3 Å². The van der Waals surface area contributed by atoms with Gasteiger partial charge in [-0.25, -0.2) is 9.78 Å². The molecule has 1 aromatic heterocycles. The Morgan fingerprint density at radius 1 is 1.28 bits per heavy atom. The molecule has 1 atom stereocenters. The second-order valence-corrected chi connectivity index (χ2v) is 7.72. The molecule has 0 aromatic carbocycles. The molecule has 9 nitrogen and oxygen atoms in total. The second-order valence-electron chi connectivity index (χ2n) is 7.72. The molecule has 2 rings (SSSR count). The summed E-state index contributed by atoms with van der Waals surface area (Å²) in [6.07, 6.45) is 9.04. The lowest BCUT2D eigenvalue weighted by atomic mass is 9.87. The first-order valence-corrected chi connectivity index (χ1v) is 10.1. The Kier molecular flexibility index (Phi) is 8.95. The molecular formula is C20H31N3O6. The molecule has 0 bridgehead atoms. The number of ether oxygens (including phenoxy) is 2. The molecule has 1 aliphatic carbocycles. The van der Waals surface area contributed by atoms with Gasteiger partial charge in [0, 0.05) is 32.1 Å². The minimum Gasteiger partial charge on any atom is -0.481 e. The van der Waals surface area contributed by atoms with Crippen molar-refractivity contribution in [3.63, 3.8) is 0 Å². The molecule has 1 saturated carbocycles. The lowest BCUT2D eigenvalue weighted by molar-refractivity contribution is -0.149. The largest absolute Gasteiger partial charge is 0.481 e. The zero-order chi connectivity index (χ0) is 21.2. The van der Waals surface area contributed by atoms with Crippen molar-refractivity contribution in [3.05, 3.63) is 18.2 Å². The number of hydrogen-bond acceptors (Lipinski definition) is 6. The van der Waals surface area contributed by atoms with Gasteiger partial charge < -0.3 is 24.5 Å². The van der Waals surface area contributed by atoms with Gasteiger partial charge in [0.1, 0.15) is 0 Å². The Hall–Kier alpha value is -2.58. The van der Waals surface area contributed by atoms with E-state index in [9.17, 15) is 19.5 Å². The van der Waals surface area contributed by atoms with E-state index >= 15 is 0 Å². The van der Waals surface area contributed by atoms with Gasteiger partial charge in [-0.15, -0.1) is 0 Å². The predicted molar refractivity (Wildman–Crippen MR) is 104 cm³/mol. The van der Waals surface area contributed by atoms with E-state index in [1.54, 1.807) is 0 Å². The highest BCUT2D eigenvalue weighted by Crippen LogP contribution is 2.31. The average Bonchev–Trinajstić information content (AvgIpc) is 3.13. The van der Waals surface area contributed by atoms with E-state index in [1.807, 2.05) is 12.5 Å². The monoisotopic (exact) mass is 409 g/mol. The fourth-order valence-corrected chi connectivity index (χ4v) is 3.55. The van der Waals surface area contributed by atoms with Crippen LogP contribution in [0.25, 0.3) is 0 Å². The number of carbonyl (C=O) groups excluding carboxylic acids is 2. The maximum atomic E-state index is 11.6. The van der Waals surface area contributed by atoms with E-state index < -0.39 is 30.7 Å². The number of carboxylic acids is 1. The highest BCUT2D eigenvalue weighted by molar-refractivity contribution is 5.70. The van der Waals surface area contributed by atoms with Crippen molar-refractivity contribution in [2.45, 2.75) is 64.8 Å². The van der Waals surface area contributed by atoms with Gasteiger partial charge in [0.05, 0.1) is 17.9 Å². The van der Waals surface area contributed by atoms with Crippen molar-refractivity contribution in [1.29, 1.82) is 0 Å². The highest BCUT2D eigenvalue weighted by atomic mass is 16.7. The van der Waals surface area contributed by atoms with Gasteiger partial charge in [-0.1, -0.05) is 6.92 Å². The third kappa shape index (κ3) is 8.13. The molecule has 1 aliphatic rings.